The average Bonchev–Trinajstić information content (AvgIpc) is 2.63. The van der Waals surface area contributed by atoms with E-state index in [1.807, 2.05) is 19.1 Å². The van der Waals surface area contributed by atoms with Gasteiger partial charge in [0.1, 0.15) is 0 Å². The van der Waals surface area contributed by atoms with E-state index in [0.29, 0.717) is 30.5 Å². The van der Waals surface area contributed by atoms with Gasteiger partial charge in [0.15, 0.2) is 11.6 Å². The Morgan fingerprint density at radius 1 is 1.12 bits per heavy atom. The third-order valence-corrected chi connectivity index (χ3v) is 5.87. The van der Waals surface area contributed by atoms with E-state index in [-0.39, 0.29) is 5.75 Å². The molecule has 0 aliphatic heterocycles. The normalized spacial score (nSPS) is 29.1. The summed E-state index contributed by atoms with van der Waals surface area (Å²) in [5.41, 5.74) is 0.897. The molecule has 0 spiro atoms. The molecule has 1 aromatic rings. The Balaban J connectivity index is 1.57. The van der Waals surface area contributed by atoms with Crippen molar-refractivity contribution in [2.45, 2.75) is 64.1 Å². The van der Waals surface area contributed by atoms with Crippen LogP contribution in [-0.2, 0) is 4.74 Å². The van der Waals surface area contributed by atoms with Crippen LogP contribution in [0, 0.1) is 17.7 Å². The monoisotopic (exact) mass is 368 g/mol. The predicted molar refractivity (Wildman–Crippen MR) is 95.0 cm³/mol. The Kier molecular flexibility index (Phi) is 6.63. The van der Waals surface area contributed by atoms with Crippen molar-refractivity contribution in [2.75, 3.05) is 6.61 Å². The van der Waals surface area contributed by atoms with Gasteiger partial charge in [-0.2, -0.15) is 8.78 Å². The van der Waals surface area contributed by atoms with E-state index >= 15 is 0 Å². The fraction of sp³-hybridized carbons (Fsp3) is 0.619. The summed E-state index contributed by atoms with van der Waals surface area (Å²) in [5.74, 6) is 0.548. The molecule has 0 heterocycles. The van der Waals surface area contributed by atoms with Crippen LogP contribution in [0.4, 0.5) is 13.2 Å². The minimum atomic E-state index is -3.00. The quantitative estimate of drug-likeness (QED) is 0.567. The lowest BCUT2D eigenvalue weighted by atomic mass is 9.65. The molecule has 2 aliphatic carbocycles. The number of allylic oxidation sites excluding steroid dienone is 1. The fourth-order valence-corrected chi connectivity index (χ4v) is 4.55. The van der Waals surface area contributed by atoms with Gasteiger partial charge >= 0.3 is 6.61 Å². The van der Waals surface area contributed by atoms with Gasteiger partial charge in [-0.1, -0.05) is 18.2 Å². The number of rotatable bonds is 6. The molecule has 3 rings (SSSR count). The number of benzene rings is 1. The van der Waals surface area contributed by atoms with Gasteiger partial charge in [0.25, 0.3) is 0 Å². The Hall–Kier alpha value is -1.49. The molecule has 144 valence electrons. The lowest BCUT2D eigenvalue weighted by Gasteiger charge is -2.42. The largest absolute Gasteiger partial charge is 0.432 e. The first kappa shape index (κ1) is 19.3. The maximum Gasteiger partial charge on any atom is 0.387 e. The first-order chi connectivity index (χ1) is 12.6. The average molecular weight is 368 g/mol. The van der Waals surface area contributed by atoms with E-state index in [0.717, 1.165) is 44.1 Å². The number of hydrogen-bond acceptors (Lipinski definition) is 2. The highest BCUT2D eigenvalue weighted by Crippen LogP contribution is 2.47. The van der Waals surface area contributed by atoms with E-state index in [1.165, 1.54) is 12.1 Å². The molecule has 2 aliphatic rings. The molecular formula is C21H27F3O2. The van der Waals surface area contributed by atoms with Crippen molar-refractivity contribution in [2.24, 2.45) is 11.8 Å². The van der Waals surface area contributed by atoms with Gasteiger partial charge < -0.3 is 9.47 Å². The number of halogens is 3. The summed E-state index contributed by atoms with van der Waals surface area (Å²) in [6, 6.07) is 4.43. The molecule has 0 bridgehead atoms. The minimum absolute atomic E-state index is 0.298. The molecule has 5 heteroatoms. The standard InChI is InChI=1S/C21H27F3O2/c1-2-3-10-25-18-8-6-15-11-14(4-5-16(15)12-18)17-7-9-20(19(22)13-17)26-21(23)24/h2-3,7,9,13-16,18,21H,4-6,8,10-12H2,1H3/b3-2+. The number of hydrogen-bond donors (Lipinski definition) is 0. The zero-order chi connectivity index (χ0) is 18.5. The first-order valence-corrected chi connectivity index (χ1v) is 9.53. The Morgan fingerprint density at radius 2 is 1.88 bits per heavy atom. The zero-order valence-electron chi connectivity index (χ0n) is 15.2. The highest BCUT2D eigenvalue weighted by Gasteiger charge is 2.36. The Bertz CT molecular complexity index is 617. The van der Waals surface area contributed by atoms with Crippen LogP contribution in [0.3, 0.4) is 0 Å². The van der Waals surface area contributed by atoms with Gasteiger partial charge in [-0.3, -0.25) is 0 Å². The summed E-state index contributed by atoms with van der Waals surface area (Å²) >= 11 is 0. The molecule has 0 amide bonds. The van der Waals surface area contributed by atoms with Crippen molar-refractivity contribution in [1.29, 1.82) is 0 Å². The summed E-state index contributed by atoms with van der Waals surface area (Å²) in [6.45, 7) is -0.319. The van der Waals surface area contributed by atoms with E-state index in [9.17, 15) is 13.2 Å². The summed E-state index contributed by atoms with van der Waals surface area (Å²) in [5, 5.41) is 0. The molecule has 1 aromatic carbocycles. The molecule has 26 heavy (non-hydrogen) atoms. The van der Waals surface area contributed by atoms with Crippen molar-refractivity contribution in [3.05, 3.63) is 41.7 Å². The number of alkyl halides is 2. The molecule has 0 aromatic heterocycles. The summed E-state index contributed by atoms with van der Waals surface area (Å²) < 4.78 is 48.7. The van der Waals surface area contributed by atoms with E-state index in [4.69, 9.17) is 4.74 Å². The Labute approximate surface area is 153 Å². The van der Waals surface area contributed by atoms with Crippen LogP contribution in [0.15, 0.2) is 30.4 Å². The third-order valence-electron chi connectivity index (χ3n) is 5.87. The summed E-state index contributed by atoms with van der Waals surface area (Å²) in [6.07, 6.45) is 10.9. The predicted octanol–water partition coefficient (Wildman–Crippen LogP) is 6.07. The number of fused-ring (bicyclic) bond motifs is 1. The fourth-order valence-electron chi connectivity index (χ4n) is 4.55. The van der Waals surface area contributed by atoms with Crippen molar-refractivity contribution in [3.63, 3.8) is 0 Å². The molecule has 4 unspecified atom stereocenters. The molecule has 2 saturated carbocycles. The SMILES string of the molecule is C/C=C/COC1CCC2CC(c3ccc(OC(F)F)c(F)c3)CCC2C1. The first-order valence-electron chi connectivity index (χ1n) is 9.53. The third kappa shape index (κ3) is 4.81. The highest BCUT2D eigenvalue weighted by molar-refractivity contribution is 5.31. The van der Waals surface area contributed by atoms with E-state index in [2.05, 4.69) is 4.74 Å². The van der Waals surface area contributed by atoms with Gasteiger partial charge in [-0.15, -0.1) is 0 Å². The van der Waals surface area contributed by atoms with E-state index < -0.39 is 12.4 Å². The molecule has 0 radical (unpaired) electrons. The smallest absolute Gasteiger partial charge is 0.387 e. The maximum atomic E-state index is 14.0. The molecule has 0 saturated heterocycles. The lowest BCUT2D eigenvalue weighted by molar-refractivity contribution is -0.0522. The van der Waals surface area contributed by atoms with Crippen LogP contribution in [0.1, 0.15) is 56.9 Å². The van der Waals surface area contributed by atoms with Crippen molar-refractivity contribution >= 4 is 0 Å². The van der Waals surface area contributed by atoms with Crippen molar-refractivity contribution in [3.8, 4) is 5.75 Å². The molecular weight excluding hydrogens is 341 g/mol. The van der Waals surface area contributed by atoms with Crippen LogP contribution in [0.5, 0.6) is 5.75 Å². The van der Waals surface area contributed by atoms with Gasteiger partial charge in [-0.25, -0.2) is 4.39 Å². The van der Waals surface area contributed by atoms with E-state index in [1.54, 1.807) is 6.07 Å². The van der Waals surface area contributed by atoms with Gasteiger partial charge in [0.05, 0.1) is 12.7 Å². The molecule has 0 N–H and O–H groups in total. The highest BCUT2D eigenvalue weighted by atomic mass is 19.3. The van der Waals surface area contributed by atoms with Gasteiger partial charge in [-0.05, 0) is 80.9 Å². The topological polar surface area (TPSA) is 18.5 Å². The zero-order valence-corrected chi connectivity index (χ0v) is 15.2. The van der Waals surface area contributed by atoms with Crippen LogP contribution < -0.4 is 4.74 Å². The summed E-state index contributed by atoms with van der Waals surface area (Å²) in [7, 11) is 0. The van der Waals surface area contributed by atoms with Crippen LogP contribution in [-0.4, -0.2) is 19.3 Å². The molecule has 2 fully saturated rings. The van der Waals surface area contributed by atoms with Crippen LogP contribution in [0.25, 0.3) is 0 Å². The lowest BCUT2D eigenvalue weighted by Crippen LogP contribution is -2.33. The molecule has 4 atom stereocenters. The van der Waals surface area contributed by atoms with Crippen LogP contribution >= 0.6 is 0 Å². The number of ether oxygens (including phenoxy) is 2. The second-order valence-corrected chi connectivity index (χ2v) is 7.44. The van der Waals surface area contributed by atoms with Crippen LogP contribution in [0.2, 0.25) is 0 Å². The summed E-state index contributed by atoms with van der Waals surface area (Å²) in [4.78, 5) is 0. The van der Waals surface area contributed by atoms with Crippen molar-refractivity contribution < 1.29 is 22.6 Å². The second kappa shape index (κ2) is 8.94. The minimum Gasteiger partial charge on any atom is -0.432 e. The Morgan fingerprint density at radius 3 is 2.62 bits per heavy atom. The van der Waals surface area contributed by atoms with Crippen molar-refractivity contribution in [1.82, 2.24) is 0 Å². The maximum absolute atomic E-state index is 14.0. The van der Waals surface area contributed by atoms with Gasteiger partial charge in [0.2, 0.25) is 0 Å². The van der Waals surface area contributed by atoms with Gasteiger partial charge in [0, 0.05) is 0 Å². The molecule has 2 nitrogen and oxygen atoms in total. The second-order valence-electron chi connectivity index (χ2n) is 7.44.